The second-order valence-electron chi connectivity index (χ2n) is 4.85. The van der Waals surface area contributed by atoms with Gasteiger partial charge in [-0.3, -0.25) is 14.9 Å². The maximum atomic E-state index is 11.6. The third-order valence-corrected chi connectivity index (χ3v) is 4.19. The van der Waals surface area contributed by atoms with Crippen LogP contribution in [0.15, 0.2) is 29.2 Å². The van der Waals surface area contributed by atoms with Crippen molar-refractivity contribution < 1.29 is 9.72 Å². The Kier molecular flexibility index (Phi) is 4.97. The van der Waals surface area contributed by atoms with E-state index in [0.717, 1.165) is 17.7 Å². The minimum absolute atomic E-state index is 0.0502. The highest BCUT2D eigenvalue weighted by molar-refractivity contribution is 8.00. The van der Waals surface area contributed by atoms with E-state index in [-0.39, 0.29) is 23.4 Å². The number of non-ortho nitro benzene ring substituents is 1. The van der Waals surface area contributed by atoms with Gasteiger partial charge in [-0.15, -0.1) is 11.8 Å². The topological polar surface area (TPSA) is 98.3 Å². The number of amides is 1. The van der Waals surface area contributed by atoms with Gasteiger partial charge in [0.05, 0.1) is 10.7 Å². The van der Waals surface area contributed by atoms with Crippen LogP contribution in [0.4, 0.5) is 5.69 Å². The van der Waals surface area contributed by atoms with E-state index in [1.807, 2.05) is 0 Å². The molecule has 108 valence electrons. The molecular formula is C13H17N3O3S. The number of rotatable bonds is 7. The number of nitro benzene ring substituents is 1. The molecule has 1 aromatic carbocycles. The van der Waals surface area contributed by atoms with Crippen LogP contribution < -0.4 is 11.1 Å². The van der Waals surface area contributed by atoms with Crippen LogP contribution in [0.2, 0.25) is 0 Å². The molecule has 0 saturated heterocycles. The molecule has 6 nitrogen and oxygen atoms in total. The molecule has 3 N–H and O–H groups in total. The normalized spacial score (nSPS) is 15.7. The van der Waals surface area contributed by atoms with Crippen LogP contribution in [0.25, 0.3) is 0 Å². The molecule has 0 aromatic heterocycles. The maximum absolute atomic E-state index is 11.6. The van der Waals surface area contributed by atoms with Gasteiger partial charge in [0, 0.05) is 29.6 Å². The summed E-state index contributed by atoms with van der Waals surface area (Å²) in [4.78, 5) is 22.5. The summed E-state index contributed by atoms with van der Waals surface area (Å²) in [6, 6.07) is 6.22. The van der Waals surface area contributed by atoms with Crippen LogP contribution in [0.3, 0.4) is 0 Å². The van der Waals surface area contributed by atoms with Crippen LogP contribution in [0.5, 0.6) is 0 Å². The minimum Gasteiger partial charge on any atom is -0.354 e. The smallest absolute Gasteiger partial charge is 0.269 e. The van der Waals surface area contributed by atoms with Crippen molar-refractivity contribution in [2.75, 3.05) is 12.3 Å². The molecule has 1 unspecified atom stereocenters. The first-order chi connectivity index (χ1) is 9.56. The fraction of sp³-hybridized carbons (Fsp3) is 0.462. The van der Waals surface area contributed by atoms with Crippen molar-refractivity contribution >= 4 is 23.4 Å². The molecule has 1 fully saturated rings. The number of benzene rings is 1. The van der Waals surface area contributed by atoms with Gasteiger partial charge in [0.15, 0.2) is 0 Å². The van der Waals surface area contributed by atoms with E-state index in [4.69, 9.17) is 5.73 Å². The van der Waals surface area contributed by atoms with Crippen LogP contribution in [-0.4, -0.2) is 29.2 Å². The van der Waals surface area contributed by atoms with Crippen molar-refractivity contribution in [3.8, 4) is 0 Å². The van der Waals surface area contributed by atoms with Gasteiger partial charge in [0.25, 0.3) is 5.69 Å². The Hall–Kier alpha value is -1.60. The summed E-state index contributed by atoms with van der Waals surface area (Å²) in [5.74, 6) is 0.789. The summed E-state index contributed by atoms with van der Waals surface area (Å²) in [5, 5.41) is 13.3. The molecule has 1 aliphatic rings. The average molecular weight is 295 g/mol. The summed E-state index contributed by atoms with van der Waals surface area (Å²) >= 11 is 1.35. The number of nitrogens with two attached hydrogens (primary N) is 1. The van der Waals surface area contributed by atoms with Gasteiger partial charge in [-0.25, -0.2) is 0 Å². The lowest BCUT2D eigenvalue weighted by Crippen LogP contribution is -2.39. The third kappa shape index (κ3) is 4.50. The van der Waals surface area contributed by atoms with E-state index in [9.17, 15) is 14.9 Å². The minimum atomic E-state index is -0.444. The van der Waals surface area contributed by atoms with E-state index in [2.05, 4.69) is 5.32 Å². The van der Waals surface area contributed by atoms with Gasteiger partial charge < -0.3 is 11.1 Å². The fourth-order valence-corrected chi connectivity index (χ4v) is 2.52. The lowest BCUT2D eigenvalue weighted by Gasteiger charge is -2.11. The predicted octanol–water partition coefficient (Wildman–Crippen LogP) is 1.54. The molecule has 0 spiro atoms. The van der Waals surface area contributed by atoms with Crippen molar-refractivity contribution in [1.82, 2.24) is 5.32 Å². The molecule has 1 aliphatic carbocycles. The quantitative estimate of drug-likeness (QED) is 0.451. The summed E-state index contributed by atoms with van der Waals surface area (Å²) in [5.41, 5.74) is 5.94. The lowest BCUT2D eigenvalue weighted by molar-refractivity contribution is -0.384. The first-order valence-electron chi connectivity index (χ1n) is 6.46. The number of nitro groups is 1. The highest BCUT2D eigenvalue weighted by Gasteiger charge is 2.28. The Labute approximate surface area is 121 Å². The van der Waals surface area contributed by atoms with Crippen LogP contribution in [0, 0.1) is 16.0 Å². The summed E-state index contributed by atoms with van der Waals surface area (Å²) in [6.45, 7) is 0.518. The number of thioether (sulfide) groups is 1. The Bertz CT molecular complexity index is 488. The number of hydrogen-bond donors (Lipinski definition) is 2. The zero-order valence-electron chi connectivity index (χ0n) is 11.0. The van der Waals surface area contributed by atoms with Crippen LogP contribution in [0.1, 0.15) is 12.8 Å². The predicted molar refractivity (Wildman–Crippen MR) is 77.5 cm³/mol. The standard InChI is InChI=1S/C13H17N3O3S/c14-12(9-1-2-9)7-15-13(17)8-20-11-5-3-10(4-6-11)16(18)19/h3-6,9,12H,1-2,7-8,14H2,(H,15,17). The van der Waals surface area contributed by atoms with Crippen LogP contribution >= 0.6 is 11.8 Å². The van der Waals surface area contributed by atoms with Gasteiger partial charge in [0.2, 0.25) is 5.91 Å². The number of nitrogens with zero attached hydrogens (tertiary/aromatic N) is 1. The molecule has 1 aromatic rings. The molecule has 0 radical (unpaired) electrons. The Balaban J connectivity index is 1.70. The lowest BCUT2D eigenvalue weighted by atomic mass is 10.2. The fourth-order valence-electron chi connectivity index (χ4n) is 1.79. The van der Waals surface area contributed by atoms with Gasteiger partial charge in [-0.2, -0.15) is 0 Å². The SMILES string of the molecule is NC(CNC(=O)CSc1ccc([N+](=O)[O-])cc1)C1CC1. The molecule has 0 aliphatic heterocycles. The maximum Gasteiger partial charge on any atom is 0.269 e. The van der Waals surface area contributed by atoms with E-state index >= 15 is 0 Å². The first-order valence-corrected chi connectivity index (χ1v) is 7.44. The molecule has 7 heteroatoms. The van der Waals surface area contributed by atoms with Gasteiger partial charge in [0.1, 0.15) is 0 Å². The number of carbonyl (C=O) groups is 1. The molecule has 0 bridgehead atoms. The monoisotopic (exact) mass is 295 g/mol. The zero-order chi connectivity index (χ0) is 14.5. The van der Waals surface area contributed by atoms with E-state index in [0.29, 0.717) is 12.5 Å². The van der Waals surface area contributed by atoms with Gasteiger partial charge >= 0.3 is 0 Å². The molecule has 1 amide bonds. The number of hydrogen-bond acceptors (Lipinski definition) is 5. The van der Waals surface area contributed by atoms with Crippen molar-refractivity contribution in [2.24, 2.45) is 11.7 Å². The van der Waals surface area contributed by atoms with Crippen LogP contribution in [-0.2, 0) is 4.79 Å². The van der Waals surface area contributed by atoms with Gasteiger partial charge in [-0.05, 0) is 30.9 Å². The molecule has 1 saturated carbocycles. The van der Waals surface area contributed by atoms with Crippen molar-refractivity contribution in [2.45, 2.75) is 23.8 Å². The summed E-state index contributed by atoms with van der Waals surface area (Å²) < 4.78 is 0. The summed E-state index contributed by atoms with van der Waals surface area (Å²) in [7, 11) is 0. The largest absolute Gasteiger partial charge is 0.354 e. The Morgan fingerprint density at radius 3 is 2.65 bits per heavy atom. The second-order valence-corrected chi connectivity index (χ2v) is 5.89. The number of carbonyl (C=O) groups excluding carboxylic acids is 1. The molecule has 1 atom stereocenters. The highest BCUT2D eigenvalue weighted by Crippen LogP contribution is 2.31. The molecule has 20 heavy (non-hydrogen) atoms. The van der Waals surface area contributed by atoms with Crippen molar-refractivity contribution in [3.63, 3.8) is 0 Å². The average Bonchev–Trinajstić information content (AvgIpc) is 3.27. The van der Waals surface area contributed by atoms with E-state index in [1.165, 1.54) is 23.9 Å². The molecule has 2 rings (SSSR count). The van der Waals surface area contributed by atoms with Crippen molar-refractivity contribution in [3.05, 3.63) is 34.4 Å². The summed E-state index contributed by atoms with van der Waals surface area (Å²) in [6.07, 6.45) is 2.32. The Morgan fingerprint density at radius 2 is 2.10 bits per heavy atom. The highest BCUT2D eigenvalue weighted by atomic mass is 32.2. The third-order valence-electron chi connectivity index (χ3n) is 3.18. The number of nitrogens with one attached hydrogen (secondary N) is 1. The van der Waals surface area contributed by atoms with E-state index in [1.54, 1.807) is 12.1 Å². The second kappa shape index (κ2) is 6.71. The zero-order valence-corrected chi connectivity index (χ0v) is 11.8. The first kappa shape index (κ1) is 14.8. The van der Waals surface area contributed by atoms with Crippen molar-refractivity contribution in [1.29, 1.82) is 0 Å². The molecular weight excluding hydrogens is 278 g/mol. The molecule has 0 heterocycles. The van der Waals surface area contributed by atoms with Gasteiger partial charge in [-0.1, -0.05) is 0 Å². The Morgan fingerprint density at radius 1 is 1.45 bits per heavy atom. The van der Waals surface area contributed by atoms with E-state index < -0.39 is 4.92 Å².